The van der Waals surface area contributed by atoms with Crippen LogP contribution in [0.3, 0.4) is 0 Å². The minimum atomic E-state index is -1.01. The number of rotatable bonds is 3. The van der Waals surface area contributed by atoms with Gasteiger partial charge in [0.1, 0.15) is 0 Å². The van der Waals surface area contributed by atoms with Gasteiger partial charge in [0.2, 0.25) is 11.8 Å². The first kappa shape index (κ1) is 17.5. The number of carboxylic acids is 1. The normalized spacial score (nSPS) is 38.1. The van der Waals surface area contributed by atoms with Gasteiger partial charge in [0.15, 0.2) is 0 Å². The number of imide groups is 1. The van der Waals surface area contributed by atoms with Crippen LogP contribution in [0.2, 0.25) is 0 Å². The number of carbonyl (C=O) groups excluding carboxylic acids is 2. The van der Waals surface area contributed by atoms with Crippen molar-refractivity contribution in [3.8, 4) is 0 Å². The highest BCUT2D eigenvalue weighted by molar-refractivity contribution is 8.00. The number of hydrogen-bond acceptors (Lipinski definition) is 6. The molecule has 2 amide bonds. The first-order chi connectivity index (χ1) is 12.7. The molecule has 2 bridgehead atoms. The van der Waals surface area contributed by atoms with Gasteiger partial charge >= 0.3 is 10.8 Å². The number of fused-ring (bicyclic) bond motifs is 9. The fourth-order valence-corrected chi connectivity index (χ4v) is 9.30. The van der Waals surface area contributed by atoms with Gasteiger partial charge in [0, 0.05) is 22.1 Å². The van der Waals surface area contributed by atoms with Gasteiger partial charge in [0.05, 0.1) is 23.3 Å². The Hall–Kier alpha value is -1.61. The number of carboxylic acid groups (broad SMARTS) is 1. The lowest BCUT2D eigenvalue weighted by atomic mass is 9.64. The number of aromatic nitrogens is 1. The molecule has 1 aromatic rings. The third-order valence-corrected chi connectivity index (χ3v) is 9.84. The van der Waals surface area contributed by atoms with Crippen molar-refractivity contribution in [1.29, 1.82) is 0 Å². The Morgan fingerprint density at radius 3 is 2.56 bits per heavy atom. The van der Waals surface area contributed by atoms with Gasteiger partial charge in [-0.2, -0.15) is 0 Å². The minimum absolute atomic E-state index is 0.0357. The molecule has 2 N–H and O–H groups in total. The Bertz CT molecular complexity index is 934. The number of likely N-dealkylation sites (tertiary alicyclic amines) is 1. The van der Waals surface area contributed by atoms with Crippen LogP contribution in [-0.4, -0.2) is 44.6 Å². The number of carbonyl (C=O) groups is 3. The fraction of sp³-hybridized carbons (Fsp3) is 0.667. The monoisotopic (exact) mass is 408 g/mol. The van der Waals surface area contributed by atoms with Crippen molar-refractivity contribution >= 4 is 40.9 Å². The third-order valence-electron chi connectivity index (χ3n) is 7.03. The Morgan fingerprint density at radius 1 is 1.22 bits per heavy atom. The van der Waals surface area contributed by atoms with Crippen LogP contribution in [0.4, 0.5) is 0 Å². The number of thiazole rings is 1. The summed E-state index contributed by atoms with van der Waals surface area (Å²) in [6, 6.07) is 0. The fourth-order valence-electron chi connectivity index (χ4n) is 6.14. The largest absolute Gasteiger partial charge is 0.481 e. The van der Waals surface area contributed by atoms with Crippen molar-refractivity contribution < 1.29 is 19.5 Å². The second kappa shape index (κ2) is 5.47. The minimum Gasteiger partial charge on any atom is -0.481 e. The SMILES string of the molecule is CC1(C)c2sc(=O)[nH]c2SC2C3CC(C4C(=O)N(CCC(=O)O)C(=O)C34)[C@H]21. The van der Waals surface area contributed by atoms with Gasteiger partial charge < -0.3 is 10.1 Å². The summed E-state index contributed by atoms with van der Waals surface area (Å²) in [6.07, 6.45) is 0.655. The molecule has 4 aliphatic rings. The van der Waals surface area contributed by atoms with E-state index >= 15 is 0 Å². The Morgan fingerprint density at radius 2 is 1.89 bits per heavy atom. The van der Waals surface area contributed by atoms with Crippen molar-refractivity contribution in [3.05, 3.63) is 14.5 Å². The van der Waals surface area contributed by atoms with Crippen LogP contribution < -0.4 is 4.87 Å². The van der Waals surface area contributed by atoms with E-state index in [1.54, 1.807) is 11.8 Å². The molecule has 7 nitrogen and oxygen atoms in total. The summed E-state index contributed by atoms with van der Waals surface area (Å²) in [5.74, 6) is -1.58. The number of H-pyrrole nitrogens is 1. The average Bonchev–Trinajstić information content (AvgIpc) is 3.28. The maximum atomic E-state index is 13.0. The van der Waals surface area contributed by atoms with E-state index in [0.29, 0.717) is 0 Å². The van der Waals surface area contributed by atoms with Crippen LogP contribution in [0, 0.1) is 29.6 Å². The van der Waals surface area contributed by atoms with Crippen molar-refractivity contribution in [3.63, 3.8) is 0 Å². The first-order valence-electron chi connectivity index (χ1n) is 9.19. The molecular weight excluding hydrogens is 388 g/mol. The summed E-state index contributed by atoms with van der Waals surface area (Å²) in [5.41, 5.74) is -0.225. The van der Waals surface area contributed by atoms with E-state index in [-0.39, 0.29) is 69.9 Å². The molecule has 5 unspecified atom stereocenters. The molecule has 3 heterocycles. The molecule has 0 radical (unpaired) electrons. The molecule has 2 aliphatic carbocycles. The Labute approximate surface area is 163 Å². The molecule has 5 rings (SSSR count). The van der Waals surface area contributed by atoms with Crippen LogP contribution in [-0.2, 0) is 19.8 Å². The first-order valence-corrected chi connectivity index (χ1v) is 10.9. The topological polar surface area (TPSA) is 108 Å². The molecule has 1 aromatic heterocycles. The molecule has 1 saturated heterocycles. The van der Waals surface area contributed by atoms with Gasteiger partial charge in [-0.25, -0.2) is 0 Å². The summed E-state index contributed by atoms with van der Waals surface area (Å²) >= 11 is 2.92. The maximum absolute atomic E-state index is 13.0. The van der Waals surface area contributed by atoms with Crippen LogP contribution in [0.15, 0.2) is 9.82 Å². The van der Waals surface area contributed by atoms with E-state index in [1.165, 1.54) is 16.2 Å². The zero-order valence-electron chi connectivity index (χ0n) is 14.9. The van der Waals surface area contributed by atoms with Crippen LogP contribution >= 0.6 is 23.1 Å². The number of nitrogens with zero attached hydrogens (tertiary/aromatic N) is 1. The molecule has 0 aromatic carbocycles. The lowest BCUT2D eigenvalue weighted by molar-refractivity contribution is -0.142. The van der Waals surface area contributed by atoms with Gasteiger partial charge in [-0.1, -0.05) is 25.2 Å². The van der Waals surface area contributed by atoms with Crippen molar-refractivity contribution in [2.24, 2.45) is 29.6 Å². The Balaban J connectivity index is 1.51. The van der Waals surface area contributed by atoms with E-state index < -0.39 is 5.97 Å². The predicted molar refractivity (Wildman–Crippen MR) is 98.7 cm³/mol. The zero-order valence-corrected chi connectivity index (χ0v) is 16.6. The number of aliphatic carboxylic acids is 1. The zero-order chi connectivity index (χ0) is 19.2. The molecular formula is C18H20N2O5S2. The Kier molecular flexibility index (Phi) is 3.54. The summed E-state index contributed by atoms with van der Waals surface area (Å²) in [6.45, 7) is 4.25. The molecule has 9 heteroatoms. The summed E-state index contributed by atoms with van der Waals surface area (Å²) in [7, 11) is 0. The number of nitrogens with one attached hydrogen (secondary N) is 1. The van der Waals surface area contributed by atoms with E-state index in [9.17, 15) is 19.2 Å². The smallest absolute Gasteiger partial charge is 0.305 e. The second-order valence-corrected chi connectivity index (χ2v) is 10.8. The standard InChI is InChI=1S/C18H20N2O5S2/c1-18(2)11-6-5-7(12(11)26-14-13(18)27-17(25)19-14)10-9(6)15(23)20(16(10)24)4-3-8(21)22/h6-7,9-12H,3-5H2,1-2H3,(H,19,25)(H,21,22)/t6?,7?,9?,10?,11-,12?/m1/s1. The van der Waals surface area contributed by atoms with Gasteiger partial charge in [-0.15, -0.1) is 11.8 Å². The molecule has 2 aliphatic heterocycles. The van der Waals surface area contributed by atoms with Crippen molar-refractivity contribution in [2.75, 3.05) is 6.54 Å². The second-order valence-electron chi connectivity index (χ2n) is 8.59. The maximum Gasteiger partial charge on any atom is 0.305 e. The third kappa shape index (κ3) is 2.15. The molecule has 6 atom stereocenters. The highest BCUT2D eigenvalue weighted by Crippen LogP contribution is 2.68. The van der Waals surface area contributed by atoms with Gasteiger partial charge in [-0.3, -0.25) is 24.1 Å². The summed E-state index contributed by atoms with van der Waals surface area (Å²) in [4.78, 5) is 53.8. The lowest BCUT2D eigenvalue weighted by Gasteiger charge is -2.47. The van der Waals surface area contributed by atoms with Gasteiger partial charge in [-0.05, 0) is 24.2 Å². The van der Waals surface area contributed by atoms with E-state index in [2.05, 4.69) is 18.8 Å². The number of thioether (sulfide) groups is 1. The van der Waals surface area contributed by atoms with E-state index in [0.717, 1.165) is 16.3 Å². The highest BCUT2D eigenvalue weighted by Gasteiger charge is 2.70. The molecule has 144 valence electrons. The van der Waals surface area contributed by atoms with Gasteiger partial charge in [0.25, 0.3) is 0 Å². The summed E-state index contributed by atoms with van der Waals surface area (Å²) < 4.78 is 0. The van der Waals surface area contributed by atoms with Crippen LogP contribution in [0.1, 0.15) is 31.6 Å². The van der Waals surface area contributed by atoms with Crippen LogP contribution in [0.25, 0.3) is 0 Å². The quantitative estimate of drug-likeness (QED) is 0.735. The van der Waals surface area contributed by atoms with Crippen molar-refractivity contribution in [2.45, 2.75) is 42.4 Å². The summed E-state index contributed by atoms with van der Waals surface area (Å²) in [5, 5.41) is 10.0. The van der Waals surface area contributed by atoms with E-state index in [4.69, 9.17) is 5.11 Å². The molecule has 27 heavy (non-hydrogen) atoms. The number of amides is 2. The number of aromatic amines is 1. The van der Waals surface area contributed by atoms with Crippen LogP contribution in [0.5, 0.6) is 0 Å². The average molecular weight is 409 g/mol. The molecule has 3 fully saturated rings. The van der Waals surface area contributed by atoms with Crippen molar-refractivity contribution in [1.82, 2.24) is 9.88 Å². The highest BCUT2D eigenvalue weighted by atomic mass is 32.2. The molecule has 2 saturated carbocycles. The number of hydrogen-bond donors (Lipinski definition) is 2. The van der Waals surface area contributed by atoms with E-state index in [1.807, 2.05) is 0 Å². The molecule has 0 spiro atoms. The lowest BCUT2D eigenvalue weighted by Crippen LogP contribution is -2.48. The predicted octanol–water partition coefficient (Wildman–Crippen LogP) is 1.53.